The first-order chi connectivity index (χ1) is 11.1. The van der Waals surface area contributed by atoms with E-state index in [-0.39, 0.29) is 0 Å². The first-order valence-electron chi connectivity index (χ1n) is 6.94. The smallest absolute Gasteiger partial charge is 0.127 e. The van der Waals surface area contributed by atoms with Crippen LogP contribution in [-0.2, 0) is 7.05 Å². The third-order valence-electron chi connectivity index (χ3n) is 3.73. The molecule has 114 valence electrons. The van der Waals surface area contributed by atoms with Gasteiger partial charge in [-0.2, -0.15) is 0 Å². The molecule has 0 aromatic carbocycles. The second-order valence-electron chi connectivity index (χ2n) is 5.19. The van der Waals surface area contributed by atoms with Crippen LogP contribution in [-0.4, -0.2) is 19.5 Å². The molecule has 4 aromatic rings. The summed E-state index contributed by atoms with van der Waals surface area (Å²) in [6, 6.07) is 5.93. The van der Waals surface area contributed by atoms with E-state index in [4.69, 9.17) is 10.7 Å². The summed E-state index contributed by atoms with van der Waals surface area (Å²) in [5.74, 6) is 0. The number of nitrogens with zero attached hydrogens (tertiary/aromatic N) is 4. The van der Waals surface area contributed by atoms with Crippen LogP contribution < -0.4 is 5.73 Å². The minimum Gasteiger partial charge on any atom is -0.397 e. The maximum atomic E-state index is 6.24. The minimum atomic E-state index is 0.662. The van der Waals surface area contributed by atoms with Gasteiger partial charge >= 0.3 is 0 Å². The highest BCUT2D eigenvalue weighted by molar-refractivity contribution is 7.83. The molecule has 5 nitrogen and oxygen atoms in total. The number of fused-ring (bicyclic) bond motifs is 1. The van der Waals surface area contributed by atoms with Crippen molar-refractivity contribution in [1.82, 2.24) is 19.5 Å². The lowest BCUT2D eigenvalue weighted by Crippen LogP contribution is -1.94. The number of aryl methyl sites for hydroxylation is 1. The van der Waals surface area contributed by atoms with Gasteiger partial charge in [-0.3, -0.25) is 4.98 Å². The van der Waals surface area contributed by atoms with E-state index in [1.165, 1.54) is 11.3 Å². The highest BCUT2D eigenvalue weighted by atomic mass is 32.2. The number of anilines is 1. The van der Waals surface area contributed by atoms with Crippen molar-refractivity contribution < 1.29 is 0 Å². The van der Waals surface area contributed by atoms with Gasteiger partial charge in [0, 0.05) is 36.0 Å². The number of hydrogen-bond acceptors (Lipinski definition) is 6. The molecule has 0 bridgehead atoms. The van der Waals surface area contributed by atoms with Gasteiger partial charge < -0.3 is 10.3 Å². The van der Waals surface area contributed by atoms with Crippen molar-refractivity contribution in [1.29, 1.82) is 0 Å². The molecule has 0 fully saturated rings. The normalized spacial score (nSPS) is 11.2. The fraction of sp³-hybridized carbons (Fsp3) is 0.0625. The van der Waals surface area contributed by atoms with Crippen LogP contribution in [0.25, 0.3) is 32.7 Å². The van der Waals surface area contributed by atoms with Crippen molar-refractivity contribution in [2.24, 2.45) is 7.05 Å². The number of hydrogen-bond donors (Lipinski definition) is 2. The standard InChI is InChI=1S/C16H13N5S2/c1-21-8-19-7-12(21)10-5-11(9-3-2-4-18-6-9)20-15-13(10)14(17)16(22)23-15/h2-8,22H,17H2,1H3. The molecule has 0 spiro atoms. The average Bonchev–Trinajstić information content (AvgIpc) is 3.11. The van der Waals surface area contributed by atoms with E-state index in [1.807, 2.05) is 36.0 Å². The number of nitrogen functional groups attached to an aromatic ring is 1. The van der Waals surface area contributed by atoms with Crippen LogP contribution in [0, 0.1) is 0 Å². The summed E-state index contributed by atoms with van der Waals surface area (Å²) < 4.78 is 2.75. The van der Waals surface area contributed by atoms with Gasteiger partial charge in [0.25, 0.3) is 0 Å². The zero-order valence-corrected chi connectivity index (χ0v) is 14.0. The lowest BCUT2D eigenvalue weighted by atomic mass is 10.1. The van der Waals surface area contributed by atoms with E-state index in [1.54, 1.807) is 18.7 Å². The van der Waals surface area contributed by atoms with Crippen LogP contribution in [0.5, 0.6) is 0 Å². The molecule has 0 aliphatic carbocycles. The lowest BCUT2D eigenvalue weighted by Gasteiger charge is -2.08. The highest BCUT2D eigenvalue weighted by Gasteiger charge is 2.17. The Hall–Kier alpha value is -2.38. The number of nitrogens with two attached hydrogens (primary N) is 1. The molecule has 7 heteroatoms. The van der Waals surface area contributed by atoms with Crippen molar-refractivity contribution in [3.8, 4) is 22.5 Å². The average molecular weight is 339 g/mol. The van der Waals surface area contributed by atoms with Gasteiger partial charge in [0.2, 0.25) is 0 Å². The number of imidazole rings is 1. The van der Waals surface area contributed by atoms with Crippen molar-refractivity contribution in [3.63, 3.8) is 0 Å². The Balaban J connectivity index is 2.08. The van der Waals surface area contributed by atoms with Gasteiger partial charge in [0.15, 0.2) is 0 Å². The van der Waals surface area contributed by atoms with Gasteiger partial charge in [-0.05, 0) is 18.2 Å². The molecule has 4 rings (SSSR count). The van der Waals surface area contributed by atoms with Gasteiger partial charge in [0.1, 0.15) is 4.83 Å². The van der Waals surface area contributed by atoms with Gasteiger partial charge in [-0.25, -0.2) is 9.97 Å². The van der Waals surface area contributed by atoms with Crippen molar-refractivity contribution >= 4 is 39.9 Å². The first kappa shape index (κ1) is 14.2. The second-order valence-corrected chi connectivity index (χ2v) is 6.94. The minimum absolute atomic E-state index is 0.662. The molecule has 0 saturated carbocycles. The van der Waals surface area contributed by atoms with E-state index >= 15 is 0 Å². The first-order valence-corrected chi connectivity index (χ1v) is 8.20. The summed E-state index contributed by atoms with van der Waals surface area (Å²) >= 11 is 5.95. The summed E-state index contributed by atoms with van der Waals surface area (Å²) in [5.41, 5.74) is 10.7. The van der Waals surface area contributed by atoms with Crippen LogP contribution in [0.15, 0.2) is 47.3 Å². The number of pyridine rings is 2. The Morgan fingerprint density at radius 3 is 2.83 bits per heavy atom. The molecule has 23 heavy (non-hydrogen) atoms. The molecule has 2 N–H and O–H groups in total. The molecule has 4 aromatic heterocycles. The van der Waals surface area contributed by atoms with Crippen molar-refractivity contribution in [3.05, 3.63) is 43.1 Å². The van der Waals surface area contributed by atoms with Crippen LogP contribution in [0.4, 0.5) is 5.69 Å². The second kappa shape index (κ2) is 5.36. The Morgan fingerprint density at radius 1 is 1.26 bits per heavy atom. The number of thiophene rings is 1. The Morgan fingerprint density at radius 2 is 2.13 bits per heavy atom. The van der Waals surface area contributed by atoms with Crippen molar-refractivity contribution in [2.75, 3.05) is 5.73 Å². The van der Waals surface area contributed by atoms with Crippen molar-refractivity contribution in [2.45, 2.75) is 4.21 Å². The monoisotopic (exact) mass is 339 g/mol. The summed E-state index contributed by atoms with van der Waals surface area (Å²) in [6.45, 7) is 0. The Kier molecular flexibility index (Phi) is 3.32. The van der Waals surface area contributed by atoms with E-state index < -0.39 is 0 Å². The maximum absolute atomic E-state index is 6.24. The largest absolute Gasteiger partial charge is 0.397 e. The van der Waals surface area contributed by atoms with Gasteiger partial charge in [0.05, 0.1) is 33.8 Å². The lowest BCUT2D eigenvalue weighted by molar-refractivity contribution is 0.922. The zero-order chi connectivity index (χ0) is 16.0. The van der Waals surface area contributed by atoms with Gasteiger partial charge in [-0.1, -0.05) is 0 Å². The third-order valence-corrected chi connectivity index (χ3v) is 5.15. The van der Waals surface area contributed by atoms with Crippen LogP contribution in [0.1, 0.15) is 0 Å². The fourth-order valence-corrected chi connectivity index (χ4v) is 3.82. The summed E-state index contributed by atoms with van der Waals surface area (Å²) in [6.07, 6.45) is 7.16. The topological polar surface area (TPSA) is 69.6 Å². The molecule has 0 unspecified atom stereocenters. The van der Waals surface area contributed by atoms with E-state index in [2.05, 4.69) is 22.6 Å². The van der Waals surface area contributed by atoms with Crippen LogP contribution in [0.3, 0.4) is 0 Å². The Labute approximate surface area is 142 Å². The van der Waals surface area contributed by atoms with E-state index in [9.17, 15) is 0 Å². The van der Waals surface area contributed by atoms with Gasteiger partial charge in [-0.15, -0.1) is 24.0 Å². The summed E-state index contributed by atoms with van der Waals surface area (Å²) in [7, 11) is 1.96. The SMILES string of the molecule is Cn1cncc1-c1cc(-c2cccnc2)nc2sc(S)c(N)c12. The van der Waals surface area contributed by atoms with Crippen LogP contribution in [0.2, 0.25) is 0 Å². The van der Waals surface area contributed by atoms with Crippen LogP contribution >= 0.6 is 24.0 Å². The third kappa shape index (κ3) is 2.29. The van der Waals surface area contributed by atoms with E-state index in [0.717, 1.165) is 36.9 Å². The molecule has 0 radical (unpaired) electrons. The molecular formula is C16H13N5S2. The molecule has 0 atom stereocenters. The number of aromatic nitrogens is 4. The van der Waals surface area contributed by atoms with E-state index in [0.29, 0.717) is 5.69 Å². The molecule has 4 heterocycles. The predicted octanol–water partition coefficient (Wildman–Crippen LogP) is 3.63. The predicted molar refractivity (Wildman–Crippen MR) is 96.7 cm³/mol. The number of thiol groups is 1. The summed E-state index contributed by atoms with van der Waals surface area (Å²) in [4.78, 5) is 14.0. The molecular weight excluding hydrogens is 326 g/mol. The zero-order valence-electron chi connectivity index (χ0n) is 12.3. The number of rotatable bonds is 2. The summed E-state index contributed by atoms with van der Waals surface area (Å²) in [5, 5.41) is 0.927. The Bertz CT molecular complexity index is 1000. The quantitative estimate of drug-likeness (QED) is 0.547. The molecule has 0 amide bonds. The highest BCUT2D eigenvalue weighted by Crippen LogP contribution is 2.42. The molecule has 0 aliphatic heterocycles. The molecule has 0 aliphatic rings. The molecule has 0 saturated heterocycles. The maximum Gasteiger partial charge on any atom is 0.127 e. The fourth-order valence-electron chi connectivity index (χ4n) is 2.59.